The summed E-state index contributed by atoms with van der Waals surface area (Å²) in [5.74, 6) is 0.819. The normalized spacial score (nSPS) is 31.6. The number of amides is 2. The van der Waals surface area contributed by atoms with Crippen LogP contribution in [0.25, 0.3) is 0 Å². The molecule has 3 heterocycles. The minimum absolute atomic E-state index is 0.00766. The van der Waals surface area contributed by atoms with Crippen LogP contribution in [0.3, 0.4) is 0 Å². The molecule has 3 rings (SSSR count). The number of nitrogens with one attached hydrogen (secondary N) is 1. The van der Waals surface area contributed by atoms with Gasteiger partial charge in [-0.05, 0) is 25.8 Å². The number of carbonyl (C=O) groups is 2. The minimum atomic E-state index is 0.00766. The zero-order valence-electron chi connectivity index (χ0n) is 11.1. The van der Waals surface area contributed by atoms with Gasteiger partial charge >= 0.3 is 0 Å². The number of carbonyl (C=O) groups excluding carboxylic acids is 2. The summed E-state index contributed by atoms with van der Waals surface area (Å²) in [7, 11) is 0. The van der Waals surface area contributed by atoms with Crippen LogP contribution < -0.4 is 5.32 Å². The van der Waals surface area contributed by atoms with Crippen molar-refractivity contribution in [3.05, 3.63) is 0 Å². The van der Waals surface area contributed by atoms with E-state index in [-0.39, 0.29) is 23.7 Å². The Labute approximate surface area is 118 Å². The van der Waals surface area contributed by atoms with E-state index in [1.807, 2.05) is 0 Å². The fourth-order valence-corrected chi connectivity index (χ4v) is 4.24. The molecule has 3 aliphatic rings. The monoisotopic (exact) mass is 283 g/mol. The molecule has 106 valence electrons. The van der Waals surface area contributed by atoms with Crippen LogP contribution in [0.1, 0.15) is 25.7 Å². The van der Waals surface area contributed by atoms with Gasteiger partial charge in [0, 0.05) is 30.9 Å². The quantitative estimate of drug-likeness (QED) is 0.836. The molecule has 0 unspecified atom stereocenters. The fraction of sp³-hybridized carbons (Fsp3) is 0.846. The summed E-state index contributed by atoms with van der Waals surface area (Å²) in [5.41, 5.74) is 0. The third-order valence-corrected chi connectivity index (χ3v) is 5.27. The van der Waals surface area contributed by atoms with E-state index in [1.54, 1.807) is 4.90 Å². The molecule has 0 radical (unpaired) electrons. The van der Waals surface area contributed by atoms with Crippen molar-refractivity contribution in [2.24, 2.45) is 0 Å². The van der Waals surface area contributed by atoms with Crippen LogP contribution in [0.2, 0.25) is 0 Å². The summed E-state index contributed by atoms with van der Waals surface area (Å²) >= 11 is 1.31. The molecule has 0 aromatic carbocycles. The molecule has 3 saturated heterocycles. The van der Waals surface area contributed by atoms with Gasteiger partial charge in [0.05, 0.1) is 0 Å². The Bertz CT molecular complexity index is 377. The van der Waals surface area contributed by atoms with Crippen LogP contribution in [0.4, 0.5) is 4.79 Å². The first-order chi connectivity index (χ1) is 9.24. The molecule has 0 aliphatic carbocycles. The SMILES string of the molecule is O=C(CN1CCSC1=O)N[C@@H]1CCN2CCCC[C@@H]12. The van der Waals surface area contributed by atoms with E-state index < -0.39 is 0 Å². The largest absolute Gasteiger partial charge is 0.350 e. The number of thioether (sulfide) groups is 1. The molecule has 2 atom stereocenters. The van der Waals surface area contributed by atoms with E-state index in [2.05, 4.69) is 10.2 Å². The van der Waals surface area contributed by atoms with Crippen molar-refractivity contribution in [2.75, 3.05) is 31.9 Å². The highest BCUT2D eigenvalue weighted by atomic mass is 32.2. The van der Waals surface area contributed by atoms with Gasteiger partial charge in [-0.1, -0.05) is 18.2 Å². The van der Waals surface area contributed by atoms with E-state index in [0.717, 1.165) is 18.7 Å². The molecule has 0 aromatic rings. The van der Waals surface area contributed by atoms with E-state index in [1.165, 1.54) is 37.6 Å². The topological polar surface area (TPSA) is 52.7 Å². The Balaban J connectivity index is 1.50. The lowest BCUT2D eigenvalue weighted by molar-refractivity contribution is -0.122. The first-order valence-corrected chi connectivity index (χ1v) is 8.18. The maximum absolute atomic E-state index is 12.0. The number of hydrogen-bond donors (Lipinski definition) is 1. The molecular weight excluding hydrogens is 262 g/mol. The second-order valence-corrected chi connectivity index (χ2v) is 6.64. The van der Waals surface area contributed by atoms with Gasteiger partial charge in [0.1, 0.15) is 6.54 Å². The van der Waals surface area contributed by atoms with Gasteiger partial charge in [-0.3, -0.25) is 14.5 Å². The zero-order chi connectivity index (χ0) is 13.2. The molecule has 3 aliphatic heterocycles. The van der Waals surface area contributed by atoms with Gasteiger partial charge in [-0.2, -0.15) is 0 Å². The summed E-state index contributed by atoms with van der Waals surface area (Å²) in [5, 5.41) is 3.18. The average molecular weight is 283 g/mol. The van der Waals surface area contributed by atoms with Crippen LogP contribution >= 0.6 is 11.8 Å². The number of hydrogen-bond acceptors (Lipinski definition) is 4. The summed E-state index contributed by atoms with van der Waals surface area (Å²) in [6.07, 6.45) is 4.81. The van der Waals surface area contributed by atoms with Crippen molar-refractivity contribution in [3.63, 3.8) is 0 Å². The number of fused-ring (bicyclic) bond motifs is 1. The van der Waals surface area contributed by atoms with Crippen molar-refractivity contribution >= 4 is 22.9 Å². The Morgan fingerprint density at radius 2 is 2.16 bits per heavy atom. The molecule has 0 spiro atoms. The van der Waals surface area contributed by atoms with E-state index in [9.17, 15) is 9.59 Å². The third-order valence-electron chi connectivity index (χ3n) is 4.38. The van der Waals surface area contributed by atoms with Crippen molar-refractivity contribution < 1.29 is 9.59 Å². The smallest absolute Gasteiger partial charge is 0.282 e. The van der Waals surface area contributed by atoms with E-state index in [0.29, 0.717) is 12.6 Å². The van der Waals surface area contributed by atoms with Crippen LogP contribution in [0, 0.1) is 0 Å². The van der Waals surface area contributed by atoms with Crippen LogP contribution in [0.5, 0.6) is 0 Å². The second kappa shape index (κ2) is 5.71. The zero-order valence-corrected chi connectivity index (χ0v) is 12.0. The van der Waals surface area contributed by atoms with Crippen LogP contribution in [-0.4, -0.2) is 65.0 Å². The number of rotatable bonds is 3. The maximum Gasteiger partial charge on any atom is 0.282 e. The van der Waals surface area contributed by atoms with Crippen LogP contribution in [-0.2, 0) is 4.79 Å². The van der Waals surface area contributed by atoms with Gasteiger partial charge in [0.2, 0.25) is 5.91 Å². The highest BCUT2D eigenvalue weighted by Gasteiger charge is 2.36. The van der Waals surface area contributed by atoms with Crippen molar-refractivity contribution in [1.82, 2.24) is 15.1 Å². The lowest BCUT2D eigenvalue weighted by Crippen LogP contribution is -2.49. The molecule has 0 bridgehead atoms. The molecule has 0 saturated carbocycles. The minimum Gasteiger partial charge on any atom is -0.350 e. The van der Waals surface area contributed by atoms with E-state index >= 15 is 0 Å². The molecular formula is C13H21N3O2S. The first kappa shape index (κ1) is 13.2. The molecule has 3 fully saturated rings. The molecule has 2 amide bonds. The van der Waals surface area contributed by atoms with Gasteiger partial charge in [-0.15, -0.1) is 0 Å². The predicted octanol–water partition coefficient (Wildman–Crippen LogP) is 0.898. The maximum atomic E-state index is 12.0. The lowest BCUT2D eigenvalue weighted by atomic mass is 9.99. The average Bonchev–Trinajstić information content (AvgIpc) is 2.98. The van der Waals surface area contributed by atoms with Crippen LogP contribution in [0.15, 0.2) is 0 Å². The third kappa shape index (κ3) is 2.89. The fourth-order valence-electron chi connectivity index (χ4n) is 3.41. The summed E-state index contributed by atoms with van der Waals surface area (Å²) in [6.45, 7) is 3.22. The summed E-state index contributed by atoms with van der Waals surface area (Å²) in [6, 6.07) is 0.819. The highest BCUT2D eigenvalue weighted by molar-refractivity contribution is 8.13. The van der Waals surface area contributed by atoms with Gasteiger partial charge in [0.25, 0.3) is 5.24 Å². The van der Waals surface area contributed by atoms with Crippen molar-refractivity contribution in [2.45, 2.75) is 37.8 Å². The predicted molar refractivity (Wildman–Crippen MR) is 75.2 cm³/mol. The lowest BCUT2D eigenvalue weighted by Gasteiger charge is -2.32. The number of piperidine rings is 1. The standard InChI is InChI=1S/C13H21N3O2S/c17-12(9-16-7-8-19-13(16)18)14-10-4-6-15-5-2-1-3-11(10)15/h10-11H,1-9H2,(H,14,17)/t10-,11+/m1/s1. The van der Waals surface area contributed by atoms with Crippen molar-refractivity contribution in [1.29, 1.82) is 0 Å². The molecule has 6 heteroatoms. The van der Waals surface area contributed by atoms with Gasteiger partial charge in [0.15, 0.2) is 0 Å². The Morgan fingerprint density at radius 3 is 2.95 bits per heavy atom. The molecule has 19 heavy (non-hydrogen) atoms. The van der Waals surface area contributed by atoms with Gasteiger partial charge < -0.3 is 10.2 Å². The number of nitrogens with zero attached hydrogens (tertiary/aromatic N) is 2. The first-order valence-electron chi connectivity index (χ1n) is 7.19. The highest BCUT2D eigenvalue weighted by Crippen LogP contribution is 2.27. The van der Waals surface area contributed by atoms with Gasteiger partial charge in [-0.25, -0.2) is 0 Å². The van der Waals surface area contributed by atoms with E-state index in [4.69, 9.17) is 0 Å². The summed E-state index contributed by atoms with van der Waals surface area (Å²) < 4.78 is 0. The van der Waals surface area contributed by atoms with Crippen molar-refractivity contribution in [3.8, 4) is 0 Å². The Hall–Kier alpha value is -0.750. The molecule has 5 nitrogen and oxygen atoms in total. The summed E-state index contributed by atoms with van der Waals surface area (Å²) in [4.78, 5) is 27.7. The second-order valence-electron chi connectivity index (χ2n) is 5.60. The Kier molecular flexibility index (Phi) is 3.98. The molecule has 0 aromatic heterocycles. The Morgan fingerprint density at radius 1 is 1.26 bits per heavy atom. The molecule has 1 N–H and O–H groups in total.